The van der Waals surface area contributed by atoms with Crippen molar-refractivity contribution in [2.75, 3.05) is 6.54 Å². The van der Waals surface area contributed by atoms with Crippen LogP contribution in [0.5, 0.6) is 0 Å². The molecule has 13 heteroatoms. The number of benzene rings is 1. The van der Waals surface area contributed by atoms with E-state index in [1.54, 1.807) is 12.1 Å². The van der Waals surface area contributed by atoms with Crippen molar-refractivity contribution >= 4 is 23.5 Å². The minimum Gasteiger partial charge on any atom is -0.475 e. The number of carbonyl (C=O) groups excluding carboxylic acids is 1. The molecule has 1 amide bonds. The SMILES string of the molecule is C[C@@H]1C[C@@H](NC(=O)Cn2nnc(-c3ccc(Cl)cc3)n2)CCN1.O=C(O)C(F)(F)F. The van der Waals surface area contributed by atoms with E-state index < -0.39 is 12.1 Å². The van der Waals surface area contributed by atoms with E-state index in [4.69, 9.17) is 21.5 Å². The van der Waals surface area contributed by atoms with Crippen LogP contribution < -0.4 is 10.6 Å². The van der Waals surface area contributed by atoms with Gasteiger partial charge in [-0.25, -0.2) is 4.79 Å². The summed E-state index contributed by atoms with van der Waals surface area (Å²) < 4.78 is 31.7. The molecule has 30 heavy (non-hydrogen) atoms. The number of rotatable bonds is 4. The number of aliphatic carboxylic acids is 1. The van der Waals surface area contributed by atoms with Crippen LogP contribution in [0.3, 0.4) is 0 Å². The Balaban J connectivity index is 0.000000396. The summed E-state index contributed by atoms with van der Waals surface area (Å²) >= 11 is 5.86. The molecule has 0 bridgehead atoms. The summed E-state index contributed by atoms with van der Waals surface area (Å²) in [5.74, 6) is -2.37. The van der Waals surface area contributed by atoms with E-state index in [0.717, 1.165) is 24.9 Å². The van der Waals surface area contributed by atoms with Crippen molar-refractivity contribution in [1.29, 1.82) is 0 Å². The van der Waals surface area contributed by atoms with Gasteiger partial charge in [0.05, 0.1) is 0 Å². The van der Waals surface area contributed by atoms with Gasteiger partial charge in [-0.3, -0.25) is 4.79 Å². The number of amides is 1. The number of aromatic nitrogens is 4. The average molecular weight is 449 g/mol. The number of hydrogen-bond donors (Lipinski definition) is 3. The molecule has 1 aromatic carbocycles. The lowest BCUT2D eigenvalue weighted by molar-refractivity contribution is -0.192. The highest BCUT2D eigenvalue weighted by atomic mass is 35.5. The highest BCUT2D eigenvalue weighted by molar-refractivity contribution is 6.30. The predicted molar refractivity (Wildman–Crippen MR) is 101 cm³/mol. The zero-order valence-corrected chi connectivity index (χ0v) is 16.6. The highest BCUT2D eigenvalue weighted by Crippen LogP contribution is 2.17. The van der Waals surface area contributed by atoms with Gasteiger partial charge in [0.25, 0.3) is 0 Å². The number of carbonyl (C=O) groups is 2. The van der Waals surface area contributed by atoms with Crippen molar-refractivity contribution in [2.24, 2.45) is 0 Å². The van der Waals surface area contributed by atoms with Gasteiger partial charge in [0.1, 0.15) is 6.54 Å². The minimum atomic E-state index is -5.08. The van der Waals surface area contributed by atoms with Gasteiger partial charge in [-0.1, -0.05) is 11.6 Å². The van der Waals surface area contributed by atoms with Gasteiger partial charge in [-0.05, 0) is 55.8 Å². The van der Waals surface area contributed by atoms with E-state index >= 15 is 0 Å². The number of nitrogens with one attached hydrogen (secondary N) is 2. The van der Waals surface area contributed by atoms with Gasteiger partial charge in [0.15, 0.2) is 0 Å². The second-order valence-corrected chi connectivity index (χ2v) is 7.03. The Morgan fingerprint density at radius 3 is 2.53 bits per heavy atom. The molecule has 1 fully saturated rings. The molecule has 2 aromatic rings. The predicted octanol–water partition coefficient (Wildman–Crippen LogP) is 1.88. The van der Waals surface area contributed by atoms with Crippen molar-refractivity contribution in [1.82, 2.24) is 30.8 Å². The molecule has 2 atom stereocenters. The first-order chi connectivity index (χ1) is 14.0. The van der Waals surface area contributed by atoms with Crippen LogP contribution >= 0.6 is 11.6 Å². The number of tetrazole rings is 1. The largest absolute Gasteiger partial charge is 0.490 e. The van der Waals surface area contributed by atoms with Gasteiger partial charge in [-0.2, -0.15) is 18.0 Å². The van der Waals surface area contributed by atoms with Crippen molar-refractivity contribution in [2.45, 2.75) is 44.6 Å². The monoisotopic (exact) mass is 448 g/mol. The van der Waals surface area contributed by atoms with Crippen LogP contribution in [-0.4, -0.2) is 62.0 Å². The fourth-order valence-electron chi connectivity index (χ4n) is 2.69. The highest BCUT2D eigenvalue weighted by Gasteiger charge is 2.38. The zero-order chi connectivity index (χ0) is 22.3. The van der Waals surface area contributed by atoms with E-state index in [-0.39, 0.29) is 18.5 Å². The third-order valence-electron chi connectivity index (χ3n) is 4.07. The average Bonchev–Trinajstić information content (AvgIpc) is 3.10. The molecular weight excluding hydrogens is 429 g/mol. The molecule has 0 radical (unpaired) electrons. The summed E-state index contributed by atoms with van der Waals surface area (Å²) in [6.45, 7) is 3.11. The van der Waals surface area contributed by atoms with Crippen LogP contribution in [0.25, 0.3) is 11.4 Å². The topological polar surface area (TPSA) is 122 Å². The summed E-state index contributed by atoms with van der Waals surface area (Å²) in [5.41, 5.74) is 0.813. The Morgan fingerprint density at radius 1 is 1.33 bits per heavy atom. The second-order valence-electron chi connectivity index (χ2n) is 6.60. The van der Waals surface area contributed by atoms with E-state index in [1.165, 1.54) is 4.80 Å². The number of halogens is 4. The summed E-state index contributed by atoms with van der Waals surface area (Å²) in [6.07, 6.45) is -3.20. The zero-order valence-electron chi connectivity index (χ0n) is 15.9. The summed E-state index contributed by atoms with van der Waals surface area (Å²) in [7, 11) is 0. The number of alkyl halides is 3. The first-order valence-electron chi connectivity index (χ1n) is 8.91. The Hall–Kier alpha value is -2.73. The van der Waals surface area contributed by atoms with Crippen molar-refractivity contribution in [3.63, 3.8) is 0 Å². The van der Waals surface area contributed by atoms with Crippen molar-refractivity contribution in [3.05, 3.63) is 29.3 Å². The van der Waals surface area contributed by atoms with Crippen molar-refractivity contribution in [3.8, 4) is 11.4 Å². The molecule has 1 aliphatic rings. The lowest BCUT2D eigenvalue weighted by Crippen LogP contribution is -2.47. The molecule has 1 saturated heterocycles. The van der Waals surface area contributed by atoms with Gasteiger partial charge in [-0.15, -0.1) is 10.2 Å². The fourth-order valence-corrected chi connectivity index (χ4v) is 2.82. The summed E-state index contributed by atoms with van der Waals surface area (Å²) in [6, 6.07) is 7.80. The maximum Gasteiger partial charge on any atom is 0.490 e. The molecule has 0 unspecified atom stereocenters. The second kappa shape index (κ2) is 10.3. The van der Waals surface area contributed by atoms with E-state index in [0.29, 0.717) is 16.9 Å². The Bertz CT molecular complexity index is 859. The molecule has 9 nitrogen and oxygen atoms in total. The quantitative estimate of drug-likeness (QED) is 0.652. The van der Waals surface area contributed by atoms with Crippen LogP contribution in [0.2, 0.25) is 5.02 Å². The molecule has 0 aliphatic carbocycles. The first kappa shape index (κ1) is 23.5. The van der Waals surface area contributed by atoms with Crippen LogP contribution in [0.15, 0.2) is 24.3 Å². The lowest BCUT2D eigenvalue weighted by Gasteiger charge is -2.28. The molecule has 1 aromatic heterocycles. The van der Waals surface area contributed by atoms with Crippen LogP contribution in [-0.2, 0) is 16.1 Å². The molecule has 2 heterocycles. The number of carboxylic acids is 1. The third kappa shape index (κ3) is 7.59. The number of nitrogens with zero attached hydrogens (tertiary/aromatic N) is 4. The molecule has 3 rings (SSSR count). The fraction of sp³-hybridized carbons (Fsp3) is 0.471. The molecular formula is C17H20ClF3N6O3. The Kier molecular flexibility index (Phi) is 8.12. The van der Waals surface area contributed by atoms with Gasteiger partial charge in [0.2, 0.25) is 11.7 Å². The maximum atomic E-state index is 12.1. The Morgan fingerprint density at radius 2 is 1.97 bits per heavy atom. The first-order valence-corrected chi connectivity index (χ1v) is 9.29. The third-order valence-corrected chi connectivity index (χ3v) is 4.32. The Labute approximate surface area is 174 Å². The molecule has 3 N–H and O–H groups in total. The standard InChI is InChI=1S/C15H19ClN6O.C2HF3O2/c1-10-8-13(6-7-17-10)18-14(23)9-22-20-15(19-21-22)11-2-4-12(16)5-3-11;3-2(4,5)1(6)7/h2-5,10,13,17H,6-9H2,1H3,(H,18,23);(H,6,7)/t10-,13+;/m1./s1. The van der Waals surface area contributed by atoms with Gasteiger partial charge >= 0.3 is 12.1 Å². The normalized spacial score (nSPS) is 18.8. The lowest BCUT2D eigenvalue weighted by atomic mass is 10.0. The van der Waals surface area contributed by atoms with Gasteiger partial charge < -0.3 is 15.7 Å². The molecule has 164 valence electrons. The molecule has 0 spiro atoms. The minimum absolute atomic E-state index is 0.0684. The van der Waals surface area contributed by atoms with Gasteiger partial charge in [0, 0.05) is 22.7 Å². The number of carboxylic acid groups (broad SMARTS) is 1. The molecule has 0 saturated carbocycles. The maximum absolute atomic E-state index is 12.1. The summed E-state index contributed by atoms with van der Waals surface area (Å²) in [4.78, 5) is 22.3. The van der Waals surface area contributed by atoms with E-state index in [2.05, 4.69) is 33.0 Å². The van der Waals surface area contributed by atoms with Crippen LogP contribution in [0.4, 0.5) is 13.2 Å². The van der Waals surface area contributed by atoms with Crippen molar-refractivity contribution < 1.29 is 27.9 Å². The van der Waals surface area contributed by atoms with Crippen LogP contribution in [0.1, 0.15) is 19.8 Å². The molecule has 1 aliphatic heterocycles. The number of hydrogen-bond acceptors (Lipinski definition) is 6. The van der Waals surface area contributed by atoms with Crippen LogP contribution in [0, 0.1) is 0 Å². The smallest absolute Gasteiger partial charge is 0.475 e. The summed E-state index contributed by atoms with van der Waals surface area (Å²) in [5, 5.41) is 26.3. The van der Waals surface area contributed by atoms with E-state index in [1.807, 2.05) is 12.1 Å². The number of piperidine rings is 1. The van der Waals surface area contributed by atoms with E-state index in [9.17, 15) is 18.0 Å².